The molecule has 7 heteroatoms. The largest absolute Gasteiger partial charge is 0.493 e. The molecular formula is C17H24IN3O2S. The third-order valence-corrected chi connectivity index (χ3v) is 4.15. The average molecular weight is 461 g/mol. The lowest BCUT2D eigenvalue weighted by Gasteiger charge is -2.10. The fraction of sp³-hybridized carbons (Fsp3) is 0.353. The lowest BCUT2D eigenvalue weighted by molar-refractivity contribution is 0.310. The molecule has 1 aromatic carbocycles. The maximum atomic E-state index is 5.90. The summed E-state index contributed by atoms with van der Waals surface area (Å²) in [6.45, 7) is 3.82. The van der Waals surface area contributed by atoms with Crippen molar-refractivity contribution < 1.29 is 9.47 Å². The van der Waals surface area contributed by atoms with E-state index in [9.17, 15) is 0 Å². The zero-order chi connectivity index (χ0) is 16.5. The molecule has 0 aliphatic rings. The molecule has 0 fully saturated rings. The SMILES string of the molecule is CCOc1cc(CN=C(N)NCCc2cccs2)ccc1OC.I. The van der Waals surface area contributed by atoms with Gasteiger partial charge in [-0.2, -0.15) is 0 Å². The van der Waals surface area contributed by atoms with Crippen LogP contribution in [0.5, 0.6) is 11.5 Å². The van der Waals surface area contributed by atoms with Crippen molar-refractivity contribution in [3.05, 3.63) is 46.2 Å². The fourth-order valence-corrected chi connectivity index (χ4v) is 2.80. The molecule has 0 saturated carbocycles. The molecule has 0 unspecified atom stereocenters. The first kappa shape index (κ1) is 20.6. The second-order valence-electron chi connectivity index (χ2n) is 4.88. The number of halogens is 1. The van der Waals surface area contributed by atoms with Crippen LogP contribution in [0.1, 0.15) is 17.4 Å². The van der Waals surface area contributed by atoms with Gasteiger partial charge in [0.1, 0.15) is 0 Å². The molecule has 3 N–H and O–H groups in total. The van der Waals surface area contributed by atoms with Crippen molar-refractivity contribution in [2.24, 2.45) is 10.7 Å². The number of nitrogens with zero attached hydrogens (tertiary/aromatic N) is 1. The maximum absolute atomic E-state index is 5.90. The van der Waals surface area contributed by atoms with Gasteiger partial charge in [0.05, 0.1) is 20.3 Å². The van der Waals surface area contributed by atoms with Gasteiger partial charge in [-0.25, -0.2) is 4.99 Å². The molecule has 2 rings (SSSR count). The fourth-order valence-electron chi connectivity index (χ4n) is 2.09. The summed E-state index contributed by atoms with van der Waals surface area (Å²) in [4.78, 5) is 5.70. The van der Waals surface area contributed by atoms with E-state index in [1.165, 1.54) is 4.88 Å². The average Bonchev–Trinajstić information content (AvgIpc) is 3.07. The van der Waals surface area contributed by atoms with Crippen molar-refractivity contribution in [1.82, 2.24) is 5.32 Å². The van der Waals surface area contributed by atoms with E-state index in [0.29, 0.717) is 19.1 Å². The van der Waals surface area contributed by atoms with E-state index >= 15 is 0 Å². The van der Waals surface area contributed by atoms with Crippen LogP contribution in [0.25, 0.3) is 0 Å². The monoisotopic (exact) mass is 461 g/mol. The summed E-state index contributed by atoms with van der Waals surface area (Å²) in [6, 6.07) is 9.95. The number of benzene rings is 1. The lowest BCUT2D eigenvalue weighted by Crippen LogP contribution is -2.33. The number of methoxy groups -OCH3 is 1. The standard InChI is InChI=1S/C17H23N3O2S.HI/c1-3-22-16-11-13(6-7-15(16)21-2)12-20-17(18)19-9-8-14-5-4-10-23-14;/h4-7,10-11H,3,8-9,12H2,1-2H3,(H3,18,19,20);1H. The number of thiophene rings is 1. The quantitative estimate of drug-likeness (QED) is 0.359. The first-order valence-corrected chi connectivity index (χ1v) is 8.46. The second-order valence-corrected chi connectivity index (χ2v) is 5.91. The Bertz CT molecular complexity index is 633. The minimum Gasteiger partial charge on any atom is -0.493 e. The highest BCUT2D eigenvalue weighted by Crippen LogP contribution is 2.28. The molecule has 1 heterocycles. The van der Waals surface area contributed by atoms with E-state index in [2.05, 4.69) is 27.8 Å². The third-order valence-electron chi connectivity index (χ3n) is 3.22. The Morgan fingerprint density at radius 1 is 1.29 bits per heavy atom. The van der Waals surface area contributed by atoms with Gasteiger partial charge in [0, 0.05) is 11.4 Å². The Morgan fingerprint density at radius 2 is 2.12 bits per heavy atom. The van der Waals surface area contributed by atoms with Crippen molar-refractivity contribution in [1.29, 1.82) is 0 Å². The molecule has 24 heavy (non-hydrogen) atoms. The predicted octanol–water partition coefficient (Wildman–Crippen LogP) is 3.42. The summed E-state index contributed by atoms with van der Waals surface area (Å²) in [5.41, 5.74) is 6.93. The summed E-state index contributed by atoms with van der Waals surface area (Å²) in [6.07, 6.45) is 0.949. The smallest absolute Gasteiger partial charge is 0.188 e. The summed E-state index contributed by atoms with van der Waals surface area (Å²) in [5, 5.41) is 5.21. The first-order valence-electron chi connectivity index (χ1n) is 7.58. The van der Waals surface area contributed by atoms with Crippen LogP contribution in [-0.4, -0.2) is 26.2 Å². The molecule has 1 aromatic heterocycles. The van der Waals surface area contributed by atoms with E-state index in [-0.39, 0.29) is 24.0 Å². The number of hydrogen-bond acceptors (Lipinski definition) is 4. The number of ether oxygens (including phenoxy) is 2. The number of nitrogens with one attached hydrogen (secondary N) is 1. The van der Waals surface area contributed by atoms with Crippen LogP contribution in [0.2, 0.25) is 0 Å². The van der Waals surface area contributed by atoms with Crippen molar-refractivity contribution in [2.45, 2.75) is 19.9 Å². The molecule has 0 amide bonds. The van der Waals surface area contributed by atoms with Crippen LogP contribution < -0.4 is 20.5 Å². The molecule has 0 aliphatic heterocycles. The molecule has 0 aliphatic carbocycles. The van der Waals surface area contributed by atoms with Gasteiger partial charge in [0.25, 0.3) is 0 Å². The third kappa shape index (κ3) is 6.56. The molecule has 0 bridgehead atoms. The van der Waals surface area contributed by atoms with Crippen molar-refractivity contribution in [3.63, 3.8) is 0 Å². The highest BCUT2D eigenvalue weighted by atomic mass is 127. The summed E-state index contributed by atoms with van der Waals surface area (Å²) >= 11 is 1.75. The van der Waals surface area contributed by atoms with Crippen LogP contribution in [0.15, 0.2) is 40.7 Å². The number of nitrogens with two attached hydrogens (primary N) is 1. The Hall–Kier alpha value is -1.48. The summed E-state index contributed by atoms with van der Waals surface area (Å²) in [7, 11) is 1.63. The maximum Gasteiger partial charge on any atom is 0.188 e. The van der Waals surface area contributed by atoms with Gasteiger partial charge < -0.3 is 20.5 Å². The van der Waals surface area contributed by atoms with E-state index in [1.54, 1.807) is 18.4 Å². The van der Waals surface area contributed by atoms with Crippen LogP contribution >= 0.6 is 35.3 Å². The number of guanidine groups is 1. The van der Waals surface area contributed by atoms with Crippen LogP contribution in [0.4, 0.5) is 0 Å². The normalized spacial score (nSPS) is 10.8. The highest BCUT2D eigenvalue weighted by Gasteiger charge is 2.05. The molecular weight excluding hydrogens is 437 g/mol. The van der Waals surface area contributed by atoms with Crippen molar-refractivity contribution in [2.75, 3.05) is 20.3 Å². The Labute approximate surface area is 164 Å². The van der Waals surface area contributed by atoms with E-state index in [0.717, 1.165) is 30.0 Å². The second kappa shape index (κ2) is 11.1. The Morgan fingerprint density at radius 3 is 2.79 bits per heavy atom. The summed E-state index contributed by atoms with van der Waals surface area (Å²) in [5.74, 6) is 1.91. The van der Waals surface area contributed by atoms with Gasteiger partial charge in [-0.3, -0.25) is 0 Å². The first-order chi connectivity index (χ1) is 11.2. The van der Waals surface area contributed by atoms with Gasteiger partial charge in [0.15, 0.2) is 17.5 Å². The molecule has 0 atom stereocenters. The van der Waals surface area contributed by atoms with Gasteiger partial charge >= 0.3 is 0 Å². The summed E-state index contributed by atoms with van der Waals surface area (Å²) < 4.78 is 10.8. The minimum absolute atomic E-state index is 0. The zero-order valence-electron chi connectivity index (χ0n) is 14.0. The van der Waals surface area contributed by atoms with Crippen LogP contribution in [0.3, 0.4) is 0 Å². The van der Waals surface area contributed by atoms with E-state index in [1.807, 2.05) is 25.1 Å². The topological polar surface area (TPSA) is 68.9 Å². The Kier molecular flexibility index (Phi) is 9.55. The predicted molar refractivity (Wildman–Crippen MR) is 111 cm³/mol. The van der Waals surface area contributed by atoms with E-state index in [4.69, 9.17) is 15.2 Å². The van der Waals surface area contributed by atoms with Crippen molar-refractivity contribution >= 4 is 41.3 Å². The molecule has 0 spiro atoms. The molecule has 2 aromatic rings. The number of aliphatic imine (C=N–C) groups is 1. The number of hydrogen-bond donors (Lipinski definition) is 2. The van der Waals surface area contributed by atoms with Crippen molar-refractivity contribution in [3.8, 4) is 11.5 Å². The van der Waals surface area contributed by atoms with Gasteiger partial charge in [0.2, 0.25) is 0 Å². The van der Waals surface area contributed by atoms with Crippen LogP contribution in [0, 0.1) is 0 Å². The number of rotatable bonds is 8. The van der Waals surface area contributed by atoms with Crippen LogP contribution in [-0.2, 0) is 13.0 Å². The highest BCUT2D eigenvalue weighted by molar-refractivity contribution is 14.0. The molecule has 0 radical (unpaired) electrons. The zero-order valence-corrected chi connectivity index (χ0v) is 17.1. The molecule has 132 valence electrons. The van der Waals surface area contributed by atoms with Gasteiger partial charge in [-0.1, -0.05) is 12.1 Å². The van der Waals surface area contributed by atoms with Gasteiger partial charge in [-0.05, 0) is 42.5 Å². The lowest BCUT2D eigenvalue weighted by atomic mass is 10.2. The Balaban J connectivity index is 0.00000288. The minimum atomic E-state index is 0. The van der Waals surface area contributed by atoms with E-state index < -0.39 is 0 Å². The van der Waals surface area contributed by atoms with Gasteiger partial charge in [-0.15, -0.1) is 35.3 Å². The molecule has 0 saturated heterocycles. The molecule has 5 nitrogen and oxygen atoms in total.